The molecule has 0 atom stereocenters. The Labute approximate surface area is 327 Å². The van der Waals surface area contributed by atoms with Gasteiger partial charge in [0.2, 0.25) is 0 Å². The van der Waals surface area contributed by atoms with Crippen LogP contribution in [0.2, 0.25) is 0 Å². The van der Waals surface area contributed by atoms with E-state index in [9.17, 15) is 0 Å². The Kier molecular flexibility index (Phi) is 7.55. The predicted molar refractivity (Wildman–Crippen MR) is 235 cm³/mol. The van der Waals surface area contributed by atoms with Crippen molar-refractivity contribution < 1.29 is 8.83 Å². The average molecular weight is 725 g/mol. The maximum Gasteiger partial charge on any atom is 0.342 e. The Morgan fingerprint density at radius 1 is 0.418 bits per heavy atom. The first-order valence-corrected chi connectivity index (χ1v) is 19.9. The van der Waals surface area contributed by atoms with E-state index in [4.69, 9.17) is 8.83 Å². The van der Waals surface area contributed by atoms with E-state index in [0.717, 1.165) is 67.4 Å². The van der Waals surface area contributed by atoms with Crippen molar-refractivity contribution in [2.45, 2.75) is 105 Å². The first kappa shape index (κ1) is 35.5. The van der Waals surface area contributed by atoms with Crippen molar-refractivity contribution in [2.24, 2.45) is 0 Å². The summed E-state index contributed by atoms with van der Waals surface area (Å²) in [6, 6.07) is 38.4. The molecule has 2 aliphatic rings. The smallest absolute Gasteiger partial charge is 0.342 e. The zero-order chi connectivity index (χ0) is 39.0. The number of hydrogen-bond acceptors (Lipinski definition) is 4. The summed E-state index contributed by atoms with van der Waals surface area (Å²) in [6.45, 7) is 27.0. The molecule has 55 heavy (non-hydrogen) atoms. The number of hydrogen-bond donors (Lipinski definition) is 0. The molecule has 0 N–H and O–H groups in total. The fourth-order valence-corrected chi connectivity index (χ4v) is 8.89. The third kappa shape index (κ3) is 5.40. The van der Waals surface area contributed by atoms with Gasteiger partial charge in [0.05, 0.1) is 11.4 Å². The number of furan rings is 2. The van der Waals surface area contributed by atoms with Crippen LogP contribution in [0, 0.1) is 0 Å². The molecule has 0 unspecified atom stereocenters. The summed E-state index contributed by atoms with van der Waals surface area (Å²) in [5.41, 5.74) is 16.4. The van der Waals surface area contributed by atoms with Crippen molar-refractivity contribution in [1.82, 2.24) is 0 Å². The van der Waals surface area contributed by atoms with Crippen LogP contribution >= 0.6 is 0 Å². The number of benzene rings is 5. The molecule has 2 aliphatic heterocycles. The lowest BCUT2D eigenvalue weighted by molar-refractivity contribution is 0.566. The lowest BCUT2D eigenvalue weighted by Gasteiger charge is -2.40. The summed E-state index contributed by atoms with van der Waals surface area (Å²) in [4.78, 5) is 4.90. The summed E-state index contributed by atoms with van der Waals surface area (Å²) in [5.74, 6) is 0. The number of fused-ring (bicyclic) bond motifs is 8. The monoisotopic (exact) mass is 724 g/mol. The van der Waals surface area contributed by atoms with Crippen LogP contribution in [0.4, 0.5) is 34.1 Å². The molecular formula is C50H53BN2O2. The molecule has 0 radical (unpaired) electrons. The van der Waals surface area contributed by atoms with Crippen molar-refractivity contribution in [3.8, 4) is 0 Å². The molecule has 5 aromatic carbocycles. The third-order valence-corrected chi connectivity index (χ3v) is 11.8. The molecule has 0 saturated heterocycles. The van der Waals surface area contributed by atoms with E-state index in [0.29, 0.717) is 0 Å². The van der Waals surface area contributed by atoms with Gasteiger partial charge in [0.1, 0.15) is 22.5 Å². The quantitative estimate of drug-likeness (QED) is 0.166. The highest BCUT2D eigenvalue weighted by molar-refractivity contribution is 6.99. The van der Waals surface area contributed by atoms with Gasteiger partial charge in [-0.05, 0) is 86.8 Å². The van der Waals surface area contributed by atoms with Gasteiger partial charge in [-0.3, -0.25) is 0 Å². The normalized spacial score (nSPS) is 14.4. The lowest BCUT2D eigenvalue weighted by Crippen LogP contribution is -2.60. The SMILES string of the molecule is CC(C)(C)c1ccc(N2c3cccc4c3B(c3oc5c(C(C)(C)C)cccc5c32)c2oc3c(C(C)(C)C)cccc3c2N4c2ccc(C(C)(C)C)cc2)cc1. The summed E-state index contributed by atoms with van der Waals surface area (Å²) in [5, 5.41) is 2.23. The van der Waals surface area contributed by atoms with Gasteiger partial charge >= 0.3 is 6.71 Å². The Balaban J connectivity index is 1.40. The minimum atomic E-state index is -0.258. The molecule has 0 bridgehead atoms. The van der Waals surface area contributed by atoms with E-state index >= 15 is 0 Å². The van der Waals surface area contributed by atoms with Gasteiger partial charge in [-0.2, -0.15) is 0 Å². The van der Waals surface area contributed by atoms with Crippen molar-refractivity contribution in [3.05, 3.63) is 125 Å². The van der Waals surface area contributed by atoms with Crippen molar-refractivity contribution in [2.75, 3.05) is 9.80 Å². The number of para-hydroxylation sites is 2. The van der Waals surface area contributed by atoms with E-state index in [1.165, 1.54) is 27.7 Å². The van der Waals surface area contributed by atoms with Gasteiger partial charge in [-0.15, -0.1) is 0 Å². The van der Waals surface area contributed by atoms with E-state index in [-0.39, 0.29) is 28.4 Å². The Morgan fingerprint density at radius 2 is 0.782 bits per heavy atom. The topological polar surface area (TPSA) is 32.8 Å². The first-order valence-electron chi connectivity index (χ1n) is 19.9. The fourth-order valence-electron chi connectivity index (χ4n) is 8.89. The van der Waals surface area contributed by atoms with E-state index < -0.39 is 0 Å². The van der Waals surface area contributed by atoms with Gasteiger partial charge in [-0.25, -0.2) is 0 Å². The molecule has 9 rings (SSSR count). The van der Waals surface area contributed by atoms with Gasteiger partial charge in [0.15, 0.2) is 0 Å². The van der Waals surface area contributed by atoms with Crippen LogP contribution in [0.1, 0.15) is 105 Å². The highest BCUT2D eigenvalue weighted by Crippen LogP contribution is 2.50. The summed E-state index contributed by atoms with van der Waals surface area (Å²) in [7, 11) is 0. The molecule has 278 valence electrons. The molecule has 7 aromatic rings. The van der Waals surface area contributed by atoms with Crippen LogP contribution in [0.15, 0.2) is 112 Å². The summed E-state index contributed by atoms with van der Waals surface area (Å²) >= 11 is 0. The molecule has 2 aromatic heterocycles. The van der Waals surface area contributed by atoms with Crippen LogP contribution in [0.3, 0.4) is 0 Å². The minimum Gasteiger partial charge on any atom is -0.468 e. The highest BCUT2D eigenvalue weighted by Gasteiger charge is 2.50. The Morgan fingerprint density at radius 3 is 1.13 bits per heavy atom. The van der Waals surface area contributed by atoms with Crippen molar-refractivity contribution in [1.29, 1.82) is 0 Å². The second kappa shape index (κ2) is 11.7. The number of nitrogens with zero attached hydrogens (tertiary/aromatic N) is 2. The molecule has 0 spiro atoms. The predicted octanol–water partition coefficient (Wildman–Crippen LogP) is 12.5. The fraction of sp³-hybridized carbons (Fsp3) is 0.320. The van der Waals surface area contributed by atoms with Gasteiger partial charge in [0, 0.05) is 44.6 Å². The average Bonchev–Trinajstić information content (AvgIpc) is 3.69. The second-order valence-corrected chi connectivity index (χ2v) is 19.9. The van der Waals surface area contributed by atoms with E-state index in [1.54, 1.807) is 0 Å². The van der Waals surface area contributed by atoms with Crippen molar-refractivity contribution >= 4 is 79.6 Å². The third-order valence-electron chi connectivity index (χ3n) is 11.8. The molecular weight excluding hydrogens is 671 g/mol. The van der Waals surface area contributed by atoms with Crippen LogP contribution < -0.4 is 26.6 Å². The summed E-state index contributed by atoms with van der Waals surface area (Å²) in [6.07, 6.45) is 0. The van der Waals surface area contributed by atoms with E-state index in [2.05, 4.69) is 196 Å². The maximum absolute atomic E-state index is 7.35. The molecule has 4 heterocycles. The Bertz CT molecular complexity index is 2450. The zero-order valence-corrected chi connectivity index (χ0v) is 34.6. The van der Waals surface area contributed by atoms with Crippen LogP contribution in [-0.4, -0.2) is 6.71 Å². The maximum atomic E-state index is 7.35. The molecule has 4 nitrogen and oxygen atoms in total. The van der Waals surface area contributed by atoms with Crippen LogP contribution in [-0.2, 0) is 21.7 Å². The van der Waals surface area contributed by atoms with Crippen LogP contribution in [0.5, 0.6) is 0 Å². The molecule has 5 heteroatoms. The highest BCUT2D eigenvalue weighted by atomic mass is 16.3. The summed E-state index contributed by atoms with van der Waals surface area (Å²) < 4.78 is 14.7. The molecule has 0 fully saturated rings. The number of anilines is 6. The Hall–Kier alpha value is -5.16. The number of rotatable bonds is 2. The van der Waals surface area contributed by atoms with Gasteiger partial charge < -0.3 is 18.6 Å². The van der Waals surface area contributed by atoms with Gasteiger partial charge in [-0.1, -0.05) is 138 Å². The van der Waals surface area contributed by atoms with Crippen molar-refractivity contribution in [3.63, 3.8) is 0 Å². The molecule has 0 amide bonds. The van der Waals surface area contributed by atoms with Gasteiger partial charge in [0.25, 0.3) is 0 Å². The largest absolute Gasteiger partial charge is 0.468 e. The molecule has 0 saturated carbocycles. The minimum absolute atomic E-state index is 0.0409. The molecule has 0 aliphatic carbocycles. The van der Waals surface area contributed by atoms with Crippen LogP contribution in [0.25, 0.3) is 21.9 Å². The first-order chi connectivity index (χ1) is 25.8. The second-order valence-electron chi connectivity index (χ2n) is 19.9. The zero-order valence-electron chi connectivity index (χ0n) is 34.6. The van der Waals surface area contributed by atoms with E-state index in [1.807, 2.05) is 0 Å². The lowest BCUT2D eigenvalue weighted by atomic mass is 9.37. The standard InChI is InChI=1S/C50H53BN2O2/c1-47(2,3)30-22-26-32(27-23-30)52-38-20-15-21-39-40(38)51(45-41(52)34-16-13-18-36(43(34)54-45)49(7,8)9)46-42(35-17-14-19-37(44(35)55-46)50(10,11)12)53(39)33-28-24-31(25-29-33)48(4,5)6/h13-29H,1-12H3.